The molecule has 150 valence electrons. The van der Waals surface area contributed by atoms with Gasteiger partial charge in [-0.15, -0.1) is 5.10 Å². The van der Waals surface area contributed by atoms with Crippen LogP contribution in [-0.2, 0) is 9.59 Å². The number of thioether (sulfide) groups is 1. The molecular weight excluding hydrogens is 412 g/mol. The van der Waals surface area contributed by atoms with Crippen molar-refractivity contribution in [3.63, 3.8) is 0 Å². The minimum atomic E-state index is -0.614. The van der Waals surface area contributed by atoms with Gasteiger partial charge in [-0.3, -0.25) is 9.59 Å². The number of carbonyl (C=O) groups excluding carboxylic acids is 2. The quantitative estimate of drug-likeness (QED) is 0.560. The molecule has 2 amide bonds. The van der Waals surface area contributed by atoms with Crippen LogP contribution in [0.5, 0.6) is 5.75 Å². The van der Waals surface area contributed by atoms with Gasteiger partial charge in [-0.25, -0.2) is 0 Å². The maximum Gasteiger partial charge on any atom is 0.238 e. The van der Waals surface area contributed by atoms with Gasteiger partial charge >= 0.3 is 0 Å². The van der Waals surface area contributed by atoms with E-state index in [1.165, 1.54) is 0 Å². The van der Waals surface area contributed by atoms with Gasteiger partial charge in [-0.1, -0.05) is 29.4 Å². The van der Waals surface area contributed by atoms with Crippen LogP contribution < -0.4 is 15.4 Å². The van der Waals surface area contributed by atoms with Gasteiger partial charge < -0.3 is 15.4 Å². The Morgan fingerprint density at radius 1 is 1.31 bits per heavy atom. The van der Waals surface area contributed by atoms with E-state index < -0.39 is 5.25 Å². The summed E-state index contributed by atoms with van der Waals surface area (Å²) in [4.78, 5) is 24.6. The number of rotatable bonds is 5. The van der Waals surface area contributed by atoms with E-state index in [-0.39, 0.29) is 23.4 Å². The molecule has 1 aliphatic rings. The summed E-state index contributed by atoms with van der Waals surface area (Å²) in [5.41, 5.74) is 2.32. The van der Waals surface area contributed by atoms with Gasteiger partial charge in [-0.05, 0) is 54.4 Å². The lowest BCUT2D eigenvalue weighted by molar-refractivity contribution is -0.123. The molecule has 2 N–H and O–H groups in total. The molecule has 0 bridgehead atoms. The maximum atomic E-state index is 12.6. The molecule has 2 aromatic carbocycles. The number of nitrogens with zero attached hydrogens (tertiary/aromatic N) is 2. The number of amides is 2. The molecule has 0 unspecified atom stereocenters. The number of amidine groups is 1. The first-order valence-electron chi connectivity index (χ1n) is 8.73. The van der Waals surface area contributed by atoms with Crippen LogP contribution in [0.1, 0.15) is 17.5 Å². The average molecular weight is 431 g/mol. The number of methoxy groups -OCH3 is 1. The zero-order chi connectivity index (χ0) is 20.8. The molecule has 1 saturated heterocycles. The minimum absolute atomic E-state index is 0.0529. The van der Waals surface area contributed by atoms with Crippen molar-refractivity contribution in [2.75, 3.05) is 12.4 Å². The molecule has 0 spiro atoms. The average Bonchev–Trinajstić information content (AvgIpc) is 2.71. The topological polar surface area (TPSA) is 92.2 Å². The van der Waals surface area contributed by atoms with Crippen molar-refractivity contribution in [1.29, 1.82) is 0 Å². The van der Waals surface area contributed by atoms with Crippen molar-refractivity contribution in [2.24, 2.45) is 10.2 Å². The highest BCUT2D eigenvalue weighted by Gasteiger charge is 2.30. The minimum Gasteiger partial charge on any atom is -0.497 e. The summed E-state index contributed by atoms with van der Waals surface area (Å²) in [6, 6.07) is 12.5. The monoisotopic (exact) mass is 430 g/mol. The molecular formula is C20H19ClN4O3S. The molecule has 2 aromatic rings. The van der Waals surface area contributed by atoms with Gasteiger partial charge in [0, 0.05) is 17.1 Å². The summed E-state index contributed by atoms with van der Waals surface area (Å²) in [6.45, 7) is 1.87. The predicted octanol–water partition coefficient (Wildman–Crippen LogP) is 3.61. The molecule has 1 heterocycles. The van der Waals surface area contributed by atoms with Crippen LogP contribution in [-0.4, -0.2) is 35.6 Å². The summed E-state index contributed by atoms with van der Waals surface area (Å²) in [5.74, 6) is 0.166. The molecule has 7 nitrogen and oxygen atoms in total. The van der Waals surface area contributed by atoms with E-state index in [0.29, 0.717) is 10.7 Å². The molecule has 3 rings (SSSR count). The Morgan fingerprint density at radius 2 is 2.07 bits per heavy atom. The number of nitrogens with one attached hydrogen (secondary N) is 2. The van der Waals surface area contributed by atoms with Crippen molar-refractivity contribution in [1.82, 2.24) is 5.32 Å². The molecule has 9 heteroatoms. The standard InChI is InChI=1S/C20H19ClN4O3S/c1-12-3-6-14(21)9-16(12)23-19(27)17-10-18(26)24-20(29-17)25-22-11-13-4-7-15(28-2)8-5-13/h3-9,11,17H,10H2,1-2H3,(H,23,27)(H,24,25,26)/b22-11-/t17-/m1/s1. The molecule has 0 saturated carbocycles. The zero-order valence-corrected chi connectivity index (χ0v) is 17.4. The van der Waals surface area contributed by atoms with Gasteiger partial charge in [0.2, 0.25) is 11.8 Å². The second-order valence-electron chi connectivity index (χ2n) is 6.23. The first-order valence-corrected chi connectivity index (χ1v) is 9.99. The van der Waals surface area contributed by atoms with Crippen LogP contribution in [0.3, 0.4) is 0 Å². The van der Waals surface area contributed by atoms with Gasteiger partial charge in [0.25, 0.3) is 0 Å². The fraction of sp³-hybridized carbons (Fsp3) is 0.200. The van der Waals surface area contributed by atoms with Crippen LogP contribution in [0.15, 0.2) is 52.7 Å². The summed E-state index contributed by atoms with van der Waals surface area (Å²) >= 11 is 7.15. The summed E-state index contributed by atoms with van der Waals surface area (Å²) in [6.07, 6.45) is 1.61. The molecule has 1 fully saturated rings. The molecule has 29 heavy (non-hydrogen) atoms. The highest BCUT2D eigenvalue weighted by atomic mass is 35.5. The van der Waals surface area contributed by atoms with Crippen molar-refractivity contribution < 1.29 is 14.3 Å². The van der Waals surface area contributed by atoms with Crippen molar-refractivity contribution in [3.05, 3.63) is 58.6 Å². The number of hydrogen-bond donors (Lipinski definition) is 2. The van der Waals surface area contributed by atoms with Gasteiger partial charge in [-0.2, -0.15) is 5.10 Å². The first kappa shape index (κ1) is 20.9. The number of benzene rings is 2. The first-order chi connectivity index (χ1) is 13.9. The lowest BCUT2D eigenvalue weighted by Crippen LogP contribution is -2.41. The van der Waals surface area contributed by atoms with E-state index in [1.807, 2.05) is 37.3 Å². The van der Waals surface area contributed by atoms with E-state index in [0.717, 1.165) is 28.6 Å². The Kier molecular flexibility index (Phi) is 6.90. The fourth-order valence-corrected chi connectivity index (χ4v) is 3.63. The fourth-order valence-electron chi connectivity index (χ4n) is 2.52. The number of ether oxygens (including phenoxy) is 1. The van der Waals surface area contributed by atoms with Gasteiger partial charge in [0.1, 0.15) is 11.0 Å². The molecule has 1 aliphatic heterocycles. The number of carbonyl (C=O) groups is 2. The molecule has 0 aromatic heterocycles. The summed E-state index contributed by atoms with van der Waals surface area (Å²) in [7, 11) is 1.60. The highest BCUT2D eigenvalue weighted by molar-refractivity contribution is 8.15. The Balaban J connectivity index is 1.66. The van der Waals surface area contributed by atoms with E-state index in [1.54, 1.807) is 25.5 Å². The van der Waals surface area contributed by atoms with Crippen molar-refractivity contribution in [2.45, 2.75) is 18.6 Å². The van der Waals surface area contributed by atoms with E-state index in [4.69, 9.17) is 16.3 Å². The van der Waals surface area contributed by atoms with Gasteiger partial charge in [0.15, 0.2) is 5.17 Å². The second-order valence-corrected chi connectivity index (χ2v) is 7.86. The Bertz CT molecular complexity index is 976. The third-order valence-electron chi connectivity index (χ3n) is 4.09. The number of hydrogen-bond acceptors (Lipinski definition) is 6. The largest absolute Gasteiger partial charge is 0.497 e. The Morgan fingerprint density at radius 3 is 2.79 bits per heavy atom. The van der Waals surface area contributed by atoms with Crippen LogP contribution >= 0.6 is 23.4 Å². The molecule has 0 radical (unpaired) electrons. The van der Waals surface area contributed by atoms with Crippen LogP contribution in [0.25, 0.3) is 0 Å². The number of anilines is 1. The third-order valence-corrected chi connectivity index (χ3v) is 5.40. The van der Waals surface area contributed by atoms with Crippen LogP contribution in [0, 0.1) is 6.92 Å². The predicted molar refractivity (Wildman–Crippen MR) is 117 cm³/mol. The molecule has 0 aliphatic carbocycles. The van der Waals surface area contributed by atoms with Crippen molar-refractivity contribution in [3.8, 4) is 5.75 Å². The SMILES string of the molecule is COc1ccc(/C=N\N=C2NC(=O)C[C@H](C(=O)Nc3cc(Cl)ccc3C)S2)cc1. The lowest BCUT2D eigenvalue weighted by atomic mass is 10.2. The number of halogens is 1. The summed E-state index contributed by atoms with van der Waals surface area (Å²) in [5, 5.41) is 13.7. The Labute approximate surface area is 177 Å². The highest BCUT2D eigenvalue weighted by Crippen LogP contribution is 2.25. The maximum absolute atomic E-state index is 12.6. The van der Waals surface area contributed by atoms with E-state index in [2.05, 4.69) is 20.8 Å². The Hall–Kier alpha value is -2.84. The molecule has 1 atom stereocenters. The van der Waals surface area contributed by atoms with Crippen molar-refractivity contribution >= 4 is 52.2 Å². The second kappa shape index (κ2) is 9.58. The van der Waals surface area contributed by atoms with Crippen LogP contribution in [0.4, 0.5) is 5.69 Å². The van der Waals surface area contributed by atoms with Crippen LogP contribution in [0.2, 0.25) is 5.02 Å². The van der Waals surface area contributed by atoms with Gasteiger partial charge in [0.05, 0.1) is 13.3 Å². The lowest BCUT2D eigenvalue weighted by Gasteiger charge is -2.22. The third kappa shape index (κ3) is 5.82. The number of aryl methyl sites for hydroxylation is 1. The van der Waals surface area contributed by atoms with E-state index >= 15 is 0 Å². The smallest absolute Gasteiger partial charge is 0.238 e. The summed E-state index contributed by atoms with van der Waals surface area (Å²) < 4.78 is 5.10. The zero-order valence-electron chi connectivity index (χ0n) is 15.8. The van der Waals surface area contributed by atoms with E-state index in [9.17, 15) is 9.59 Å². The normalized spacial score (nSPS) is 18.0.